The second-order valence-electron chi connectivity index (χ2n) is 8.37. The molecule has 1 aromatic carbocycles. The lowest BCUT2D eigenvalue weighted by Gasteiger charge is -2.35. The number of nitrogens with one attached hydrogen (secondary N) is 2. The molecule has 0 bridgehead atoms. The van der Waals surface area contributed by atoms with Gasteiger partial charge in [0.25, 0.3) is 0 Å². The summed E-state index contributed by atoms with van der Waals surface area (Å²) in [5.74, 6) is 2.57. The highest BCUT2D eigenvalue weighted by Gasteiger charge is 2.23. The van der Waals surface area contributed by atoms with Crippen molar-refractivity contribution in [3.8, 4) is 0 Å². The third kappa shape index (κ3) is 5.01. The van der Waals surface area contributed by atoms with Gasteiger partial charge in [-0.1, -0.05) is 30.3 Å². The number of hydrogen-bond acceptors (Lipinski definition) is 5. The van der Waals surface area contributed by atoms with Crippen molar-refractivity contribution in [1.29, 1.82) is 0 Å². The molecule has 160 valence electrons. The van der Waals surface area contributed by atoms with E-state index in [9.17, 15) is 0 Å². The first-order valence-corrected chi connectivity index (χ1v) is 11.5. The molecule has 0 aliphatic carbocycles. The van der Waals surface area contributed by atoms with E-state index in [1.807, 2.05) is 18.2 Å². The van der Waals surface area contributed by atoms with E-state index >= 15 is 0 Å². The summed E-state index contributed by atoms with van der Waals surface area (Å²) in [6.07, 6.45) is 6.15. The molecule has 2 fully saturated rings. The van der Waals surface area contributed by atoms with Crippen LogP contribution in [0.5, 0.6) is 0 Å². The number of thiocarbonyl (C=S) groups is 1. The van der Waals surface area contributed by atoms with Crippen LogP contribution in [0.2, 0.25) is 0 Å². The van der Waals surface area contributed by atoms with Crippen molar-refractivity contribution >= 4 is 34.9 Å². The van der Waals surface area contributed by atoms with Gasteiger partial charge in [0.15, 0.2) is 5.11 Å². The van der Waals surface area contributed by atoms with E-state index in [0.717, 1.165) is 31.3 Å². The Morgan fingerprint density at radius 3 is 2.47 bits per heavy atom. The fraction of sp³-hybridized carbons (Fsp3) is 0.522. The molecule has 6 nitrogen and oxygen atoms in total. The maximum atomic E-state index is 5.58. The first-order chi connectivity index (χ1) is 14.6. The molecule has 2 N–H and O–H groups in total. The van der Waals surface area contributed by atoms with Crippen LogP contribution >= 0.6 is 12.2 Å². The molecular formula is C23H32N6S. The maximum absolute atomic E-state index is 5.58. The highest BCUT2D eigenvalue weighted by molar-refractivity contribution is 7.80. The van der Waals surface area contributed by atoms with Crippen molar-refractivity contribution in [3.05, 3.63) is 42.0 Å². The average Bonchev–Trinajstić information content (AvgIpc) is 3.29. The molecule has 7 heteroatoms. The Balaban J connectivity index is 1.53. The second-order valence-corrected chi connectivity index (χ2v) is 8.78. The molecular weight excluding hydrogens is 392 g/mol. The monoisotopic (exact) mass is 424 g/mol. The smallest absolute Gasteiger partial charge is 0.232 e. The van der Waals surface area contributed by atoms with Crippen molar-refractivity contribution < 1.29 is 0 Å². The summed E-state index contributed by atoms with van der Waals surface area (Å²) in [5.41, 5.74) is 1.19. The highest BCUT2D eigenvalue weighted by atomic mass is 32.1. The zero-order chi connectivity index (χ0) is 20.9. The molecule has 2 aromatic rings. The van der Waals surface area contributed by atoms with Gasteiger partial charge in [0.05, 0.1) is 6.04 Å². The lowest BCUT2D eigenvalue weighted by Crippen LogP contribution is -2.38. The standard InChI is InChI=1S/C23H32N6S/c1-17-10-6-7-15-29(17)21-16-20(28-13-8-9-14-28)25-22(26-21)27-23(30)24-18(2)19-11-4-3-5-12-19/h3-5,11-12,16-18H,6-10,13-15H2,1-2H3,(H2,24,25,26,27,30). The third-order valence-electron chi connectivity index (χ3n) is 6.10. The Hall–Kier alpha value is -2.41. The summed E-state index contributed by atoms with van der Waals surface area (Å²) in [6.45, 7) is 7.55. The van der Waals surface area contributed by atoms with Gasteiger partial charge in [-0.3, -0.25) is 0 Å². The normalized spacial score (nSPS) is 20.1. The Labute approximate surface area is 185 Å². The van der Waals surface area contributed by atoms with Crippen LogP contribution in [-0.4, -0.2) is 40.8 Å². The molecule has 4 rings (SSSR count). The average molecular weight is 425 g/mol. The topological polar surface area (TPSA) is 56.3 Å². The van der Waals surface area contributed by atoms with Gasteiger partial charge in [-0.05, 0) is 63.7 Å². The number of anilines is 3. The summed E-state index contributed by atoms with van der Waals surface area (Å²) in [4.78, 5) is 14.4. The minimum atomic E-state index is 0.106. The fourth-order valence-electron chi connectivity index (χ4n) is 4.33. The van der Waals surface area contributed by atoms with E-state index in [1.54, 1.807) is 0 Å². The molecule has 2 atom stereocenters. The van der Waals surface area contributed by atoms with Gasteiger partial charge in [-0.25, -0.2) is 0 Å². The Bertz CT molecular complexity index is 852. The molecule has 1 aromatic heterocycles. The van der Waals surface area contributed by atoms with Crippen molar-refractivity contribution in [1.82, 2.24) is 15.3 Å². The summed E-state index contributed by atoms with van der Waals surface area (Å²) in [7, 11) is 0. The molecule has 2 aliphatic heterocycles. The first-order valence-electron chi connectivity index (χ1n) is 11.1. The van der Waals surface area contributed by atoms with Gasteiger partial charge in [-0.2, -0.15) is 9.97 Å². The number of piperidine rings is 1. The summed E-state index contributed by atoms with van der Waals surface area (Å²) in [6, 6.07) is 13.1. The number of benzene rings is 1. The molecule has 2 aliphatic rings. The van der Waals surface area contributed by atoms with Gasteiger partial charge in [0.2, 0.25) is 5.95 Å². The predicted molar refractivity (Wildman–Crippen MR) is 128 cm³/mol. The van der Waals surface area contributed by atoms with Crippen LogP contribution in [0.4, 0.5) is 17.6 Å². The molecule has 3 heterocycles. The molecule has 0 radical (unpaired) electrons. The largest absolute Gasteiger partial charge is 0.356 e. The quantitative estimate of drug-likeness (QED) is 0.685. The van der Waals surface area contributed by atoms with Gasteiger partial charge in [0.1, 0.15) is 11.6 Å². The van der Waals surface area contributed by atoms with Gasteiger partial charge >= 0.3 is 0 Å². The second kappa shape index (κ2) is 9.60. The summed E-state index contributed by atoms with van der Waals surface area (Å²) >= 11 is 5.58. The van der Waals surface area contributed by atoms with Crippen molar-refractivity contribution in [2.24, 2.45) is 0 Å². The van der Waals surface area contributed by atoms with Crippen LogP contribution in [0, 0.1) is 0 Å². The van der Waals surface area contributed by atoms with Gasteiger partial charge in [0, 0.05) is 31.7 Å². The minimum absolute atomic E-state index is 0.106. The van der Waals surface area contributed by atoms with Crippen molar-refractivity contribution in [2.75, 3.05) is 34.8 Å². The van der Waals surface area contributed by atoms with Gasteiger partial charge < -0.3 is 20.4 Å². The van der Waals surface area contributed by atoms with Crippen LogP contribution in [-0.2, 0) is 0 Å². The van der Waals surface area contributed by atoms with Gasteiger partial charge in [-0.15, -0.1) is 0 Å². The maximum Gasteiger partial charge on any atom is 0.232 e. The van der Waals surface area contributed by atoms with Crippen LogP contribution in [0.25, 0.3) is 0 Å². The number of aromatic nitrogens is 2. The minimum Gasteiger partial charge on any atom is -0.356 e. The van der Waals surface area contributed by atoms with E-state index in [0.29, 0.717) is 17.1 Å². The fourth-order valence-corrected chi connectivity index (χ4v) is 4.60. The lowest BCUT2D eigenvalue weighted by molar-refractivity contribution is 0.481. The van der Waals surface area contributed by atoms with Crippen LogP contribution < -0.4 is 20.4 Å². The van der Waals surface area contributed by atoms with Crippen LogP contribution in [0.1, 0.15) is 57.6 Å². The molecule has 0 saturated carbocycles. The molecule has 2 saturated heterocycles. The van der Waals surface area contributed by atoms with E-state index in [2.05, 4.69) is 52.5 Å². The lowest BCUT2D eigenvalue weighted by atomic mass is 10.0. The molecule has 0 spiro atoms. The number of rotatable bonds is 5. The Kier molecular flexibility index (Phi) is 6.67. The van der Waals surface area contributed by atoms with Crippen molar-refractivity contribution in [2.45, 2.75) is 58.0 Å². The SMILES string of the molecule is CC(NC(=S)Nc1nc(N2CCCC2)cc(N2CCCCC2C)n1)c1ccccc1. The summed E-state index contributed by atoms with van der Waals surface area (Å²) in [5, 5.41) is 7.14. The number of nitrogens with zero attached hydrogens (tertiary/aromatic N) is 4. The first kappa shape index (κ1) is 20.8. The van der Waals surface area contributed by atoms with Crippen molar-refractivity contribution in [3.63, 3.8) is 0 Å². The third-order valence-corrected chi connectivity index (χ3v) is 6.32. The van der Waals surface area contributed by atoms with E-state index in [4.69, 9.17) is 22.2 Å². The zero-order valence-electron chi connectivity index (χ0n) is 18.0. The van der Waals surface area contributed by atoms with E-state index in [1.165, 1.54) is 37.7 Å². The Morgan fingerprint density at radius 2 is 1.73 bits per heavy atom. The molecule has 0 amide bonds. The molecule has 30 heavy (non-hydrogen) atoms. The Morgan fingerprint density at radius 1 is 1.03 bits per heavy atom. The van der Waals surface area contributed by atoms with Crippen LogP contribution in [0.3, 0.4) is 0 Å². The summed E-state index contributed by atoms with van der Waals surface area (Å²) < 4.78 is 0. The predicted octanol–water partition coefficient (Wildman–Crippen LogP) is 4.50. The van der Waals surface area contributed by atoms with Crippen LogP contribution in [0.15, 0.2) is 36.4 Å². The molecule has 2 unspecified atom stereocenters. The van der Waals surface area contributed by atoms with E-state index < -0.39 is 0 Å². The highest BCUT2D eigenvalue weighted by Crippen LogP contribution is 2.28. The number of hydrogen-bond donors (Lipinski definition) is 2. The zero-order valence-corrected chi connectivity index (χ0v) is 18.8. The van der Waals surface area contributed by atoms with E-state index in [-0.39, 0.29) is 6.04 Å².